The molecule has 0 aliphatic rings. The van der Waals surface area contributed by atoms with Gasteiger partial charge in [0.25, 0.3) is 0 Å². The summed E-state index contributed by atoms with van der Waals surface area (Å²) in [4.78, 5) is 11.7. The van der Waals surface area contributed by atoms with Crippen LogP contribution in [-0.4, -0.2) is 21.7 Å². The Morgan fingerprint density at radius 3 is 1.61 bits per heavy atom. The van der Waals surface area contributed by atoms with E-state index in [1.807, 2.05) is 0 Å². The van der Waals surface area contributed by atoms with Gasteiger partial charge in [-0.2, -0.15) is 0 Å². The van der Waals surface area contributed by atoms with Crippen molar-refractivity contribution in [1.29, 1.82) is 0 Å². The van der Waals surface area contributed by atoms with E-state index in [2.05, 4.69) is 106 Å². The average Bonchev–Trinajstić information content (AvgIpc) is 3.41. The van der Waals surface area contributed by atoms with Crippen LogP contribution in [0.3, 0.4) is 0 Å². The number of carbonyl (C=O) groups excluding carboxylic acids is 1. The highest BCUT2D eigenvalue weighted by Crippen LogP contribution is 2.34. The van der Waals surface area contributed by atoms with Gasteiger partial charge in [-0.15, -0.1) is 0 Å². The van der Waals surface area contributed by atoms with Gasteiger partial charge in [0.1, 0.15) is 6.61 Å². The lowest BCUT2D eigenvalue weighted by atomic mass is 10.1. The minimum atomic E-state index is -0.231. The first-order valence-corrected chi connectivity index (χ1v) is 12.8. The first-order valence-electron chi connectivity index (χ1n) is 12.8. The lowest BCUT2D eigenvalue weighted by Crippen LogP contribution is -2.17. The van der Waals surface area contributed by atoms with Gasteiger partial charge in [-0.25, -0.2) is 0 Å². The number of hydrogen-bond donors (Lipinski definition) is 0. The van der Waals surface area contributed by atoms with Crippen molar-refractivity contribution in [1.82, 2.24) is 9.13 Å². The summed E-state index contributed by atoms with van der Waals surface area (Å²) >= 11 is 0. The first-order chi connectivity index (χ1) is 17.7. The summed E-state index contributed by atoms with van der Waals surface area (Å²) in [6.45, 7) is 2.83. The molecular formula is C32H30N2O2. The number of esters is 1. The summed E-state index contributed by atoms with van der Waals surface area (Å²) in [6, 6.07) is 34.5. The zero-order valence-electron chi connectivity index (χ0n) is 20.6. The van der Waals surface area contributed by atoms with Gasteiger partial charge in [0.05, 0.1) is 6.04 Å². The maximum atomic E-state index is 11.7. The molecule has 6 aromatic rings. The maximum absolute atomic E-state index is 11.7. The molecule has 0 N–H and O–H groups in total. The highest BCUT2D eigenvalue weighted by Gasteiger charge is 2.19. The maximum Gasteiger partial charge on any atom is 0.302 e. The molecule has 36 heavy (non-hydrogen) atoms. The average molecular weight is 475 g/mol. The molecule has 4 nitrogen and oxygen atoms in total. The van der Waals surface area contributed by atoms with E-state index in [0.717, 1.165) is 25.8 Å². The van der Waals surface area contributed by atoms with Crippen LogP contribution < -0.4 is 0 Å². The Kier molecular flexibility index (Phi) is 5.94. The Morgan fingerprint density at radius 1 is 0.667 bits per heavy atom. The Morgan fingerprint density at radius 2 is 1.11 bits per heavy atom. The van der Waals surface area contributed by atoms with E-state index in [1.165, 1.54) is 50.5 Å². The monoisotopic (exact) mass is 474 g/mol. The van der Waals surface area contributed by atoms with Gasteiger partial charge in [0.2, 0.25) is 0 Å². The van der Waals surface area contributed by atoms with Gasteiger partial charge in [0.15, 0.2) is 0 Å². The fourth-order valence-electron chi connectivity index (χ4n) is 5.74. The molecule has 180 valence electrons. The molecule has 0 aliphatic carbocycles. The summed E-state index contributed by atoms with van der Waals surface area (Å²) in [5, 5.41) is 5.11. The first kappa shape index (κ1) is 22.4. The Hall–Kier alpha value is -4.05. The molecule has 0 amide bonds. The molecule has 4 heteroatoms. The second-order valence-electron chi connectivity index (χ2n) is 9.54. The van der Waals surface area contributed by atoms with E-state index in [-0.39, 0.29) is 12.0 Å². The molecule has 0 saturated heterocycles. The number of benzene rings is 4. The number of unbranched alkanes of at least 4 members (excludes halogenated alkanes) is 1. The molecule has 0 radical (unpaired) electrons. The topological polar surface area (TPSA) is 36.2 Å². The second kappa shape index (κ2) is 9.54. The van der Waals surface area contributed by atoms with Gasteiger partial charge in [-0.05, 0) is 43.5 Å². The van der Waals surface area contributed by atoms with Crippen molar-refractivity contribution in [2.75, 3.05) is 6.61 Å². The largest absolute Gasteiger partial charge is 0.464 e. The van der Waals surface area contributed by atoms with E-state index in [9.17, 15) is 4.79 Å². The highest BCUT2D eigenvalue weighted by molar-refractivity contribution is 6.08. The van der Waals surface area contributed by atoms with Crippen molar-refractivity contribution in [2.24, 2.45) is 0 Å². The van der Waals surface area contributed by atoms with Crippen LogP contribution in [0, 0.1) is 0 Å². The standard InChI is InChI=1S/C32H30N2O2/c1-23(35)36-22-24(34-31-19-8-4-15-27(31)28-16-5-9-20-32(28)34)12-10-11-21-33-29-17-6-2-13-25(29)26-14-3-7-18-30(26)33/h2-9,13-20,24H,10-12,21-22H2,1H3/t24-/m0/s1. The minimum absolute atomic E-state index is 0.0804. The van der Waals surface area contributed by atoms with Crippen molar-refractivity contribution in [2.45, 2.75) is 38.8 Å². The number of rotatable bonds is 8. The Balaban J connectivity index is 1.28. The molecule has 0 fully saturated rings. The zero-order valence-corrected chi connectivity index (χ0v) is 20.6. The molecular weight excluding hydrogens is 444 g/mol. The number of aromatic nitrogens is 2. The fourth-order valence-corrected chi connectivity index (χ4v) is 5.74. The quantitative estimate of drug-likeness (QED) is 0.166. The van der Waals surface area contributed by atoms with Crippen molar-refractivity contribution in [3.63, 3.8) is 0 Å². The summed E-state index contributed by atoms with van der Waals surface area (Å²) in [5.74, 6) is -0.231. The zero-order chi connectivity index (χ0) is 24.5. The van der Waals surface area contributed by atoms with Crippen LogP contribution in [0.15, 0.2) is 97.1 Å². The molecule has 6 rings (SSSR count). The van der Waals surface area contributed by atoms with E-state index < -0.39 is 0 Å². The van der Waals surface area contributed by atoms with Crippen LogP contribution in [0.2, 0.25) is 0 Å². The molecule has 2 heterocycles. The number of hydrogen-bond acceptors (Lipinski definition) is 2. The second-order valence-corrected chi connectivity index (χ2v) is 9.54. The van der Waals surface area contributed by atoms with E-state index in [4.69, 9.17) is 4.74 Å². The molecule has 0 unspecified atom stereocenters. The third kappa shape index (κ3) is 3.93. The third-order valence-electron chi connectivity index (χ3n) is 7.31. The summed E-state index contributed by atoms with van der Waals surface area (Å²) in [6.07, 6.45) is 3.02. The van der Waals surface area contributed by atoms with Gasteiger partial charge in [-0.3, -0.25) is 4.79 Å². The minimum Gasteiger partial charge on any atom is -0.464 e. The number of fused-ring (bicyclic) bond motifs is 6. The number of para-hydroxylation sites is 4. The van der Waals surface area contributed by atoms with Crippen LogP contribution in [0.25, 0.3) is 43.6 Å². The molecule has 0 aliphatic heterocycles. The smallest absolute Gasteiger partial charge is 0.302 e. The number of nitrogens with zero attached hydrogens (tertiary/aromatic N) is 2. The van der Waals surface area contributed by atoms with Gasteiger partial charge in [0, 0.05) is 57.1 Å². The summed E-state index contributed by atoms with van der Waals surface area (Å²) in [7, 11) is 0. The number of aryl methyl sites for hydroxylation is 1. The van der Waals surface area contributed by atoms with Gasteiger partial charge < -0.3 is 13.9 Å². The van der Waals surface area contributed by atoms with Crippen LogP contribution >= 0.6 is 0 Å². The van der Waals surface area contributed by atoms with Crippen molar-refractivity contribution >= 4 is 49.6 Å². The normalized spacial score (nSPS) is 12.6. The predicted octanol–water partition coefficient (Wildman–Crippen LogP) is 7.88. The molecule has 2 aromatic heterocycles. The fraction of sp³-hybridized carbons (Fsp3) is 0.219. The SMILES string of the molecule is CC(=O)OC[C@H](CCCCn1c2ccccc2c2ccccc21)n1c2ccccc2c2ccccc21. The lowest BCUT2D eigenvalue weighted by molar-refractivity contribution is -0.142. The molecule has 0 saturated carbocycles. The molecule has 0 bridgehead atoms. The van der Waals surface area contributed by atoms with Gasteiger partial charge >= 0.3 is 5.97 Å². The van der Waals surface area contributed by atoms with E-state index in [0.29, 0.717) is 6.61 Å². The van der Waals surface area contributed by atoms with E-state index in [1.54, 1.807) is 0 Å². The van der Waals surface area contributed by atoms with E-state index >= 15 is 0 Å². The van der Waals surface area contributed by atoms with Crippen LogP contribution in [-0.2, 0) is 16.1 Å². The van der Waals surface area contributed by atoms with Crippen LogP contribution in [0.5, 0.6) is 0 Å². The van der Waals surface area contributed by atoms with Crippen molar-refractivity contribution < 1.29 is 9.53 Å². The Bertz CT molecular complexity index is 1580. The third-order valence-corrected chi connectivity index (χ3v) is 7.31. The summed E-state index contributed by atoms with van der Waals surface area (Å²) < 4.78 is 10.4. The van der Waals surface area contributed by atoms with Gasteiger partial charge in [-0.1, -0.05) is 72.8 Å². The molecule has 1 atom stereocenters. The lowest BCUT2D eigenvalue weighted by Gasteiger charge is -2.21. The number of ether oxygens (including phenoxy) is 1. The van der Waals surface area contributed by atoms with Crippen LogP contribution in [0.1, 0.15) is 32.2 Å². The molecule has 0 spiro atoms. The summed E-state index contributed by atoms with van der Waals surface area (Å²) in [5.41, 5.74) is 4.96. The van der Waals surface area contributed by atoms with Crippen molar-refractivity contribution in [3.8, 4) is 0 Å². The number of carbonyl (C=O) groups is 1. The highest BCUT2D eigenvalue weighted by atomic mass is 16.5. The Labute approximate surface area is 210 Å². The van der Waals surface area contributed by atoms with Crippen molar-refractivity contribution in [3.05, 3.63) is 97.1 Å². The van der Waals surface area contributed by atoms with Crippen LogP contribution in [0.4, 0.5) is 0 Å². The molecule has 4 aromatic carbocycles. The predicted molar refractivity (Wildman–Crippen MR) is 148 cm³/mol.